The van der Waals surface area contributed by atoms with Gasteiger partial charge in [0.15, 0.2) is 0 Å². The third kappa shape index (κ3) is 3.09. The van der Waals surface area contributed by atoms with E-state index in [-0.39, 0.29) is 18.6 Å². The van der Waals surface area contributed by atoms with Gasteiger partial charge in [-0.2, -0.15) is 0 Å². The Hall–Kier alpha value is -1.39. The van der Waals surface area contributed by atoms with E-state index in [1.165, 1.54) is 0 Å². The van der Waals surface area contributed by atoms with E-state index in [4.69, 9.17) is 5.11 Å². The van der Waals surface area contributed by atoms with Crippen molar-refractivity contribution in [2.24, 2.45) is 5.92 Å². The number of rotatable bonds is 4. The molecule has 18 heavy (non-hydrogen) atoms. The molecule has 0 radical (unpaired) electrons. The van der Waals surface area contributed by atoms with Gasteiger partial charge in [-0.15, -0.1) is 0 Å². The predicted octanol–water partition coefficient (Wildman–Crippen LogP) is 1.33. The van der Waals surface area contributed by atoms with Crippen LogP contribution in [0, 0.1) is 5.92 Å². The van der Waals surface area contributed by atoms with Crippen molar-refractivity contribution in [3.05, 3.63) is 30.3 Å². The van der Waals surface area contributed by atoms with Gasteiger partial charge in [-0.1, -0.05) is 18.2 Å². The highest BCUT2D eigenvalue weighted by molar-refractivity contribution is 5.94. The number of carbonyl (C=O) groups excluding carboxylic acids is 1. The Kier molecular flexibility index (Phi) is 4.33. The first-order valence-corrected chi connectivity index (χ1v) is 6.41. The molecular weight excluding hydrogens is 228 g/mol. The van der Waals surface area contributed by atoms with Crippen LogP contribution in [-0.2, 0) is 4.79 Å². The maximum absolute atomic E-state index is 12.1. The van der Waals surface area contributed by atoms with Gasteiger partial charge in [0.25, 0.3) is 0 Å². The second-order valence-corrected chi connectivity index (χ2v) is 4.86. The average Bonchev–Trinajstić information content (AvgIpc) is 2.87. The molecule has 1 amide bonds. The van der Waals surface area contributed by atoms with Gasteiger partial charge >= 0.3 is 0 Å². The Bertz CT molecular complexity index is 394. The van der Waals surface area contributed by atoms with E-state index < -0.39 is 0 Å². The van der Waals surface area contributed by atoms with E-state index in [9.17, 15) is 4.79 Å². The molecule has 2 rings (SSSR count). The summed E-state index contributed by atoms with van der Waals surface area (Å²) in [5.74, 6) is 0.330. The lowest BCUT2D eigenvalue weighted by molar-refractivity contribution is -0.120. The molecule has 2 N–H and O–H groups in total. The molecule has 1 aromatic carbocycles. The number of likely N-dealkylation sites (tertiary alicyclic amines) is 1. The number of para-hydroxylation sites is 1. The van der Waals surface area contributed by atoms with Crippen molar-refractivity contribution < 1.29 is 9.90 Å². The molecule has 0 aliphatic carbocycles. The van der Waals surface area contributed by atoms with Crippen molar-refractivity contribution in [3.63, 3.8) is 0 Å². The van der Waals surface area contributed by atoms with Crippen LogP contribution in [0.3, 0.4) is 0 Å². The van der Waals surface area contributed by atoms with Gasteiger partial charge in [0, 0.05) is 18.8 Å². The summed E-state index contributed by atoms with van der Waals surface area (Å²) in [5, 5.41) is 12.0. The van der Waals surface area contributed by atoms with Gasteiger partial charge in [-0.05, 0) is 37.9 Å². The second-order valence-electron chi connectivity index (χ2n) is 4.86. The van der Waals surface area contributed by atoms with Crippen LogP contribution in [0.5, 0.6) is 0 Å². The molecule has 1 aliphatic heterocycles. The van der Waals surface area contributed by atoms with E-state index >= 15 is 0 Å². The van der Waals surface area contributed by atoms with Crippen LogP contribution >= 0.6 is 0 Å². The molecule has 0 spiro atoms. The summed E-state index contributed by atoms with van der Waals surface area (Å²) >= 11 is 0. The van der Waals surface area contributed by atoms with Crippen LogP contribution in [0.2, 0.25) is 0 Å². The minimum absolute atomic E-state index is 0.0137. The van der Waals surface area contributed by atoms with Crippen LogP contribution in [0.1, 0.15) is 13.3 Å². The zero-order valence-corrected chi connectivity index (χ0v) is 10.7. The normalized spacial score (nSPS) is 21.8. The molecule has 1 aromatic rings. The molecular formula is C14H20N2O2. The number of aliphatic hydroxyl groups excluding tert-OH is 1. The van der Waals surface area contributed by atoms with Crippen molar-refractivity contribution in [1.29, 1.82) is 0 Å². The lowest BCUT2D eigenvalue weighted by atomic mass is 10.1. The number of hydrogen-bond acceptors (Lipinski definition) is 3. The van der Waals surface area contributed by atoms with Crippen molar-refractivity contribution >= 4 is 11.6 Å². The van der Waals surface area contributed by atoms with Gasteiger partial charge in [0.05, 0.1) is 6.04 Å². The van der Waals surface area contributed by atoms with Crippen molar-refractivity contribution in [1.82, 2.24) is 4.90 Å². The fraction of sp³-hybridized carbons (Fsp3) is 0.500. The number of benzene rings is 1. The van der Waals surface area contributed by atoms with Crippen molar-refractivity contribution in [2.75, 3.05) is 25.0 Å². The summed E-state index contributed by atoms with van der Waals surface area (Å²) in [6.07, 6.45) is 0.972. The van der Waals surface area contributed by atoms with Gasteiger partial charge < -0.3 is 10.4 Å². The van der Waals surface area contributed by atoms with E-state index in [2.05, 4.69) is 10.2 Å². The molecule has 0 bridgehead atoms. The number of amides is 1. The summed E-state index contributed by atoms with van der Waals surface area (Å²) in [4.78, 5) is 14.2. The molecule has 0 aromatic heterocycles. The number of carbonyl (C=O) groups is 1. The molecule has 4 nitrogen and oxygen atoms in total. The molecule has 1 fully saturated rings. The Morgan fingerprint density at radius 3 is 2.83 bits per heavy atom. The summed E-state index contributed by atoms with van der Waals surface area (Å²) < 4.78 is 0. The fourth-order valence-electron chi connectivity index (χ4n) is 2.30. The van der Waals surface area contributed by atoms with Crippen molar-refractivity contribution in [2.45, 2.75) is 19.4 Å². The minimum Gasteiger partial charge on any atom is -0.396 e. The van der Waals surface area contributed by atoms with E-state index in [0.29, 0.717) is 5.92 Å². The monoisotopic (exact) mass is 248 g/mol. The van der Waals surface area contributed by atoms with Crippen LogP contribution in [0.25, 0.3) is 0 Å². The summed E-state index contributed by atoms with van der Waals surface area (Å²) in [6.45, 7) is 3.82. The van der Waals surface area contributed by atoms with E-state index in [1.807, 2.05) is 37.3 Å². The third-order valence-corrected chi connectivity index (χ3v) is 3.54. The van der Waals surface area contributed by atoms with E-state index in [0.717, 1.165) is 25.2 Å². The van der Waals surface area contributed by atoms with Gasteiger partial charge in [0.2, 0.25) is 5.91 Å². The molecule has 1 heterocycles. The van der Waals surface area contributed by atoms with Gasteiger partial charge in [-0.25, -0.2) is 0 Å². The predicted molar refractivity (Wildman–Crippen MR) is 71.3 cm³/mol. The van der Waals surface area contributed by atoms with E-state index in [1.54, 1.807) is 0 Å². The first kappa shape index (κ1) is 13.1. The first-order valence-electron chi connectivity index (χ1n) is 6.41. The Morgan fingerprint density at radius 2 is 2.22 bits per heavy atom. The molecule has 2 unspecified atom stereocenters. The standard InChI is InChI=1S/C14H20N2O2/c1-11(16-8-7-12(9-16)10-17)14(18)15-13-5-3-2-4-6-13/h2-6,11-12,17H,7-10H2,1H3,(H,15,18). The lowest BCUT2D eigenvalue weighted by Crippen LogP contribution is -2.40. The zero-order chi connectivity index (χ0) is 13.0. The van der Waals surface area contributed by atoms with Gasteiger partial charge in [-0.3, -0.25) is 9.69 Å². The van der Waals surface area contributed by atoms with Crippen molar-refractivity contribution in [3.8, 4) is 0 Å². The average molecular weight is 248 g/mol. The Morgan fingerprint density at radius 1 is 1.50 bits per heavy atom. The highest BCUT2D eigenvalue weighted by Gasteiger charge is 2.29. The number of aliphatic hydroxyl groups is 1. The molecule has 1 aliphatic rings. The highest BCUT2D eigenvalue weighted by atomic mass is 16.3. The number of anilines is 1. The molecule has 4 heteroatoms. The Balaban J connectivity index is 1.89. The Labute approximate surface area is 108 Å². The van der Waals surface area contributed by atoms with Crippen LogP contribution in [-0.4, -0.2) is 41.7 Å². The smallest absolute Gasteiger partial charge is 0.241 e. The first-order chi connectivity index (χ1) is 8.70. The molecule has 2 atom stereocenters. The number of nitrogens with zero attached hydrogens (tertiary/aromatic N) is 1. The number of hydrogen-bond donors (Lipinski definition) is 2. The molecule has 0 saturated carbocycles. The molecule has 1 saturated heterocycles. The maximum atomic E-state index is 12.1. The van der Waals surface area contributed by atoms with Crippen LogP contribution < -0.4 is 5.32 Å². The lowest BCUT2D eigenvalue weighted by Gasteiger charge is -2.23. The summed E-state index contributed by atoms with van der Waals surface area (Å²) in [6, 6.07) is 9.33. The maximum Gasteiger partial charge on any atom is 0.241 e. The highest BCUT2D eigenvalue weighted by Crippen LogP contribution is 2.18. The minimum atomic E-state index is -0.151. The quantitative estimate of drug-likeness (QED) is 0.845. The van der Waals surface area contributed by atoms with Crippen LogP contribution in [0.15, 0.2) is 30.3 Å². The number of nitrogens with one attached hydrogen (secondary N) is 1. The largest absolute Gasteiger partial charge is 0.396 e. The van der Waals surface area contributed by atoms with Crippen LogP contribution in [0.4, 0.5) is 5.69 Å². The van der Waals surface area contributed by atoms with Gasteiger partial charge in [0.1, 0.15) is 0 Å². The second kappa shape index (κ2) is 5.98. The topological polar surface area (TPSA) is 52.6 Å². The fourth-order valence-corrected chi connectivity index (χ4v) is 2.30. The summed E-state index contributed by atoms with van der Waals surface area (Å²) in [5.41, 5.74) is 0.826. The zero-order valence-electron chi connectivity index (χ0n) is 10.7. The SMILES string of the molecule is CC(C(=O)Nc1ccccc1)N1CCC(CO)C1. The summed E-state index contributed by atoms with van der Waals surface area (Å²) in [7, 11) is 0. The molecule has 98 valence electrons. The third-order valence-electron chi connectivity index (χ3n) is 3.54.